The van der Waals surface area contributed by atoms with Gasteiger partial charge >= 0.3 is 0 Å². The smallest absolute Gasteiger partial charge is 0.286 e. The molecule has 0 radical (unpaired) electrons. The molecule has 0 fully saturated rings. The van der Waals surface area contributed by atoms with Crippen molar-refractivity contribution in [2.24, 2.45) is 0 Å². The lowest BCUT2D eigenvalue weighted by Gasteiger charge is -2.01. The van der Waals surface area contributed by atoms with Gasteiger partial charge in [0.25, 0.3) is 5.22 Å². The van der Waals surface area contributed by atoms with E-state index in [-0.39, 0.29) is 0 Å². The molecule has 0 aliphatic rings. The van der Waals surface area contributed by atoms with E-state index < -0.39 is 0 Å². The zero-order valence-electron chi connectivity index (χ0n) is 11.7. The quantitative estimate of drug-likeness (QED) is 0.570. The molecule has 0 N–H and O–H groups in total. The number of aromatic nitrogens is 2. The third-order valence-corrected chi connectivity index (χ3v) is 4.54. The monoisotopic (exact) mass is 350 g/mol. The Kier molecular flexibility index (Phi) is 4.71. The minimum Gasteiger partial charge on any atom is -0.327 e. The van der Waals surface area contributed by atoms with Crippen molar-refractivity contribution in [1.29, 1.82) is 0 Å². The molecule has 6 heteroatoms. The SMILES string of the molecule is Cc1ccc(-c2noc(SCc3ccc(Cl)cc3Cl)n2)cc1. The van der Waals surface area contributed by atoms with Crippen LogP contribution >= 0.6 is 35.0 Å². The lowest BCUT2D eigenvalue weighted by atomic mass is 10.1. The van der Waals surface area contributed by atoms with Gasteiger partial charge in [-0.3, -0.25) is 0 Å². The molecular weight excluding hydrogens is 339 g/mol. The molecule has 0 atom stereocenters. The second-order valence-corrected chi connectivity index (χ2v) is 6.54. The minimum absolute atomic E-state index is 0.515. The number of aryl methyl sites for hydroxylation is 1. The number of nitrogens with zero attached hydrogens (tertiary/aromatic N) is 2. The van der Waals surface area contributed by atoms with Crippen molar-refractivity contribution in [2.75, 3.05) is 0 Å². The molecule has 0 spiro atoms. The molecule has 0 saturated heterocycles. The average Bonchev–Trinajstić information content (AvgIpc) is 2.96. The van der Waals surface area contributed by atoms with Gasteiger partial charge in [-0.1, -0.05) is 76.0 Å². The van der Waals surface area contributed by atoms with Crippen molar-refractivity contribution in [3.63, 3.8) is 0 Å². The van der Waals surface area contributed by atoms with Crippen LogP contribution in [0.3, 0.4) is 0 Å². The van der Waals surface area contributed by atoms with E-state index in [2.05, 4.69) is 10.1 Å². The molecule has 112 valence electrons. The van der Waals surface area contributed by atoms with Crippen LogP contribution in [0.1, 0.15) is 11.1 Å². The van der Waals surface area contributed by atoms with Crippen molar-refractivity contribution in [3.8, 4) is 11.4 Å². The van der Waals surface area contributed by atoms with Crippen LogP contribution in [0.25, 0.3) is 11.4 Å². The van der Waals surface area contributed by atoms with Crippen molar-refractivity contribution < 1.29 is 4.52 Å². The summed E-state index contributed by atoms with van der Waals surface area (Å²) in [5.41, 5.74) is 3.11. The third-order valence-electron chi connectivity index (χ3n) is 3.08. The van der Waals surface area contributed by atoms with Gasteiger partial charge in [0.2, 0.25) is 5.82 Å². The summed E-state index contributed by atoms with van der Waals surface area (Å²) in [5, 5.41) is 5.78. The lowest BCUT2D eigenvalue weighted by Crippen LogP contribution is -1.83. The predicted molar refractivity (Wildman–Crippen MR) is 90.5 cm³/mol. The van der Waals surface area contributed by atoms with Gasteiger partial charge in [-0.25, -0.2) is 0 Å². The number of rotatable bonds is 4. The van der Waals surface area contributed by atoms with Crippen LogP contribution in [0.2, 0.25) is 10.0 Å². The Morgan fingerprint density at radius 2 is 1.86 bits per heavy atom. The highest BCUT2D eigenvalue weighted by atomic mass is 35.5. The number of halogens is 2. The maximum absolute atomic E-state index is 6.15. The molecule has 1 heterocycles. The van der Waals surface area contributed by atoms with E-state index in [1.807, 2.05) is 43.3 Å². The Morgan fingerprint density at radius 1 is 1.09 bits per heavy atom. The normalized spacial score (nSPS) is 10.9. The molecule has 2 aromatic carbocycles. The van der Waals surface area contributed by atoms with E-state index in [4.69, 9.17) is 27.7 Å². The summed E-state index contributed by atoms with van der Waals surface area (Å²) in [7, 11) is 0. The van der Waals surface area contributed by atoms with Gasteiger partial charge in [0.15, 0.2) is 0 Å². The Morgan fingerprint density at radius 3 is 2.59 bits per heavy atom. The average molecular weight is 351 g/mol. The van der Waals surface area contributed by atoms with E-state index in [1.54, 1.807) is 6.07 Å². The summed E-state index contributed by atoms with van der Waals surface area (Å²) in [5.74, 6) is 1.23. The standard InChI is InChI=1S/C16H12Cl2N2OS/c1-10-2-4-11(5-3-10)15-19-16(21-20-15)22-9-12-6-7-13(17)8-14(12)18/h2-8H,9H2,1H3. The summed E-state index contributed by atoms with van der Waals surface area (Å²) in [4.78, 5) is 4.39. The number of thioether (sulfide) groups is 1. The number of benzene rings is 2. The first-order chi connectivity index (χ1) is 10.6. The second-order valence-electron chi connectivity index (χ2n) is 4.77. The number of hydrogen-bond acceptors (Lipinski definition) is 4. The molecule has 0 aliphatic heterocycles. The first-order valence-electron chi connectivity index (χ1n) is 6.59. The van der Waals surface area contributed by atoms with Crippen LogP contribution < -0.4 is 0 Å². The molecular formula is C16H12Cl2N2OS. The summed E-state index contributed by atoms with van der Waals surface area (Å²) < 4.78 is 5.27. The van der Waals surface area contributed by atoms with E-state index in [1.165, 1.54) is 17.3 Å². The van der Waals surface area contributed by atoms with Crippen molar-refractivity contribution in [3.05, 3.63) is 63.6 Å². The van der Waals surface area contributed by atoms with Crippen molar-refractivity contribution >= 4 is 35.0 Å². The fourth-order valence-corrected chi connectivity index (χ4v) is 3.19. The van der Waals surface area contributed by atoms with Crippen molar-refractivity contribution in [2.45, 2.75) is 17.9 Å². The fourth-order valence-electron chi connectivity index (χ4n) is 1.87. The first kappa shape index (κ1) is 15.4. The molecule has 0 unspecified atom stereocenters. The van der Waals surface area contributed by atoms with Crippen LogP contribution in [0.5, 0.6) is 0 Å². The van der Waals surface area contributed by atoms with Gasteiger partial charge in [0, 0.05) is 21.4 Å². The van der Waals surface area contributed by atoms with Gasteiger partial charge in [-0.05, 0) is 24.6 Å². The molecule has 0 bridgehead atoms. The van der Waals surface area contributed by atoms with Gasteiger partial charge in [-0.15, -0.1) is 0 Å². The largest absolute Gasteiger partial charge is 0.327 e. The molecule has 3 rings (SSSR count). The Balaban J connectivity index is 1.70. The van der Waals surface area contributed by atoms with Crippen LogP contribution in [0, 0.1) is 6.92 Å². The molecule has 0 saturated carbocycles. The highest BCUT2D eigenvalue weighted by Crippen LogP contribution is 2.29. The maximum atomic E-state index is 6.15. The predicted octanol–water partition coefficient (Wildman–Crippen LogP) is 5.64. The zero-order valence-corrected chi connectivity index (χ0v) is 14.0. The minimum atomic E-state index is 0.515. The molecule has 1 aromatic heterocycles. The molecule has 3 aromatic rings. The van der Waals surface area contributed by atoms with Crippen LogP contribution in [0.4, 0.5) is 0 Å². The van der Waals surface area contributed by atoms with E-state index in [0.717, 1.165) is 11.1 Å². The van der Waals surface area contributed by atoms with Gasteiger partial charge in [0.1, 0.15) is 0 Å². The summed E-state index contributed by atoms with van der Waals surface area (Å²) in [6.07, 6.45) is 0. The highest BCUT2D eigenvalue weighted by Gasteiger charge is 2.10. The highest BCUT2D eigenvalue weighted by molar-refractivity contribution is 7.98. The molecule has 22 heavy (non-hydrogen) atoms. The van der Waals surface area contributed by atoms with Crippen LogP contribution in [-0.2, 0) is 5.75 Å². The first-order valence-corrected chi connectivity index (χ1v) is 8.33. The van der Waals surface area contributed by atoms with E-state index >= 15 is 0 Å². The summed E-state index contributed by atoms with van der Waals surface area (Å²) >= 11 is 13.5. The fraction of sp³-hybridized carbons (Fsp3) is 0.125. The van der Waals surface area contributed by atoms with Gasteiger partial charge in [-0.2, -0.15) is 4.98 Å². The van der Waals surface area contributed by atoms with Crippen LogP contribution in [0.15, 0.2) is 52.2 Å². The van der Waals surface area contributed by atoms with Gasteiger partial charge < -0.3 is 4.52 Å². The lowest BCUT2D eigenvalue weighted by molar-refractivity contribution is 0.341. The maximum Gasteiger partial charge on any atom is 0.286 e. The topological polar surface area (TPSA) is 38.9 Å². The Labute approximate surface area is 142 Å². The van der Waals surface area contributed by atoms with E-state index in [0.29, 0.717) is 26.8 Å². The molecule has 0 amide bonds. The molecule has 0 aliphatic carbocycles. The number of hydrogen-bond donors (Lipinski definition) is 0. The summed E-state index contributed by atoms with van der Waals surface area (Å²) in [6.45, 7) is 2.04. The Hall–Kier alpha value is -1.49. The van der Waals surface area contributed by atoms with Crippen LogP contribution in [-0.4, -0.2) is 10.1 Å². The van der Waals surface area contributed by atoms with E-state index in [9.17, 15) is 0 Å². The molecule has 3 nitrogen and oxygen atoms in total. The van der Waals surface area contributed by atoms with Gasteiger partial charge in [0.05, 0.1) is 0 Å². The second kappa shape index (κ2) is 6.73. The Bertz CT molecular complexity index is 787. The summed E-state index contributed by atoms with van der Waals surface area (Å²) in [6, 6.07) is 13.4. The zero-order chi connectivity index (χ0) is 15.5. The van der Waals surface area contributed by atoms with Crippen molar-refractivity contribution in [1.82, 2.24) is 10.1 Å². The third kappa shape index (κ3) is 3.64.